The molecule has 8 nitrogen and oxygen atoms in total. The summed E-state index contributed by atoms with van der Waals surface area (Å²) >= 11 is 0. The van der Waals surface area contributed by atoms with Gasteiger partial charge in [0.05, 0.1) is 23.8 Å². The van der Waals surface area contributed by atoms with Crippen molar-refractivity contribution in [3.05, 3.63) is 28.3 Å². The first-order valence-electron chi connectivity index (χ1n) is 9.86. The molecule has 1 aliphatic carbocycles. The molecule has 1 saturated carbocycles. The number of benzene rings is 1. The number of nitrogens with zero attached hydrogens (tertiary/aromatic N) is 1. The molecule has 1 amide bonds. The van der Waals surface area contributed by atoms with Crippen LogP contribution in [0, 0.1) is 16.0 Å². The van der Waals surface area contributed by atoms with E-state index in [0.717, 1.165) is 19.3 Å². The number of hydrogen-bond acceptors (Lipinski definition) is 6. The Kier molecular flexibility index (Phi) is 8.19. The molecule has 0 aromatic heterocycles. The van der Waals surface area contributed by atoms with Crippen molar-refractivity contribution in [1.29, 1.82) is 0 Å². The lowest BCUT2D eigenvalue weighted by atomic mass is 9.84. The molecule has 1 fully saturated rings. The topological polar surface area (TPSA) is 117 Å². The van der Waals surface area contributed by atoms with Crippen LogP contribution in [0.25, 0.3) is 0 Å². The Bertz CT molecular complexity index is 674. The maximum atomic E-state index is 12.9. The Morgan fingerprint density at radius 1 is 1.32 bits per heavy atom. The van der Waals surface area contributed by atoms with Crippen LogP contribution >= 0.6 is 0 Å². The van der Waals surface area contributed by atoms with Gasteiger partial charge in [-0.05, 0) is 32.3 Å². The van der Waals surface area contributed by atoms with E-state index in [1.807, 2.05) is 13.8 Å². The molecule has 0 aliphatic heterocycles. The molecule has 0 saturated heterocycles. The fourth-order valence-corrected chi connectivity index (χ4v) is 3.69. The number of nitro groups is 1. The second-order valence-electron chi connectivity index (χ2n) is 7.64. The van der Waals surface area contributed by atoms with Crippen LogP contribution in [0.5, 0.6) is 5.75 Å². The van der Waals surface area contributed by atoms with Crippen molar-refractivity contribution in [3.8, 4) is 5.75 Å². The first kappa shape index (κ1) is 22.1. The summed E-state index contributed by atoms with van der Waals surface area (Å²) in [7, 11) is 1.44. The molecule has 1 aliphatic rings. The number of anilines is 1. The van der Waals surface area contributed by atoms with E-state index >= 15 is 0 Å². The first-order valence-corrected chi connectivity index (χ1v) is 9.86. The van der Waals surface area contributed by atoms with Gasteiger partial charge in [0.2, 0.25) is 0 Å². The molecule has 0 heterocycles. The van der Waals surface area contributed by atoms with Gasteiger partial charge in [-0.25, -0.2) is 0 Å². The Balaban J connectivity index is 2.15. The number of carbonyl (C=O) groups excluding carboxylic acids is 1. The highest BCUT2D eigenvalue weighted by molar-refractivity contribution is 5.96. The smallest absolute Gasteiger partial charge is 0.271 e. The van der Waals surface area contributed by atoms with E-state index in [0.29, 0.717) is 11.7 Å². The zero-order chi connectivity index (χ0) is 20.7. The highest BCUT2D eigenvalue weighted by Gasteiger charge is 2.31. The number of non-ortho nitro benzene ring substituents is 1. The van der Waals surface area contributed by atoms with Crippen LogP contribution in [-0.4, -0.2) is 36.2 Å². The first-order chi connectivity index (χ1) is 13.3. The quantitative estimate of drug-likeness (QED) is 0.489. The van der Waals surface area contributed by atoms with Crippen molar-refractivity contribution < 1.29 is 19.2 Å². The van der Waals surface area contributed by atoms with Crippen molar-refractivity contribution in [3.63, 3.8) is 0 Å². The Labute approximate surface area is 165 Å². The van der Waals surface area contributed by atoms with Crippen molar-refractivity contribution in [2.24, 2.45) is 11.7 Å². The zero-order valence-electron chi connectivity index (χ0n) is 16.8. The highest BCUT2D eigenvalue weighted by atomic mass is 16.6. The summed E-state index contributed by atoms with van der Waals surface area (Å²) in [6.07, 6.45) is 5.60. The average molecular weight is 393 g/mol. The molecule has 2 atom stereocenters. The van der Waals surface area contributed by atoms with Gasteiger partial charge >= 0.3 is 0 Å². The number of nitrogens with one attached hydrogen (secondary N) is 1. The number of methoxy groups -OCH3 is 1. The molecule has 8 heteroatoms. The van der Waals surface area contributed by atoms with Gasteiger partial charge in [0, 0.05) is 18.2 Å². The Morgan fingerprint density at radius 2 is 2.00 bits per heavy atom. The summed E-state index contributed by atoms with van der Waals surface area (Å²) in [5.74, 6) is 0.418. The maximum Gasteiger partial charge on any atom is 0.271 e. The van der Waals surface area contributed by atoms with Gasteiger partial charge in [-0.3, -0.25) is 14.9 Å². The number of nitrogens with two attached hydrogens (primary N) is 1. The molecule has 156 valence electrons. The normalized spacial score (nSPS) is 17.2. The lowest BCUT2D eigenvalue weighted by Gasteiger charge is -2.30. The third-order valence-corrected chi connectivity index (χ3v) is 5.05. The molecule has 0 spiro atoms. The summed E-state index contributed by atoms with van der Waals surface area (Å²) in [5, 5.41) is 13.8. The third-order valence-electron chi connectivity index (χ3n) is 5.05. The van der Waals surface area contributed by atoms with Gasteiger partial charge in [-0.2, -0.15) is 0 Å². The molecule has 1 aromatic carbocycles. The molecule has 0 bridgehead atoms. The zero-order valence-corrected chi connectivity index (χ0v) is 16.8. The van der Waals surface area contributed by atoms with Crippen LogP contribution in [0.3, 0.4) is 0 Å². The van der Waals surface area contributed by atoms with E-state index in [4.69, 9.17) is 15.2 Å². The predicted molar refractivity (Wildman–Crippen MR) is 107 cm³/mol. The molecule has 0 radical (unpaired) electrons. The van der Waals surface area contributed by atoms with Gasteiger partial charge in [0.1, 0.15) is 5.75 Å². The van der Waals surface area contributed by atoms with Gasteiger partial charge in [0.25, 0.3) is 11.6 Å². The standard InChI is InChI=1S/C20H31N3O5/c1-13(2)28-19(16(21)11-14-7-5-4-6-8-14)20(24)22-17-12-15(23(25)26)9-10-18(17)27-3/h9-10,12-14,16,19H,4-8,11,21H2,1-3H3,(H,22,24)/t16-,19?/m1/s1. The molecular formula is C20H31N3O5. The van der Waals surface area contributed by atoms with Crippen LogP contribution in [0.2, 0.25) is 0 Å². The predicted octanol–water partition coefficient (Wildman–Crippen LogP) is 3.63. The van der Waals surface area contributed by atoms with Gasteiger partial charge < -0.3 is 20.5 Å². The van der Waals surface area contributed by atoms with E-state index in [-0.39, 0.29) is 17.5 Å². The second-order valence-corrected chi connectivity index (χ2v) is 7.64. The number of rotatable bonds is 9. The van der Waals surface area contributed by atoms with E-state index in [9.17, 15) is 14.9 Å². The average Bonchev–Trinajstić information content (AvgIpc) is 2.66. The molecule has 1 aromatic rings. The van der Waals surface area contributed by atoms with Gasteiger partial charge in [0.15, 0.2) is 6.10 Å². The number of hydrogen-bond donors (Lipinski definition) is 2. The van der Waals surface area contributed by atoms with Crippen LogP contribution < -0.4 is 15.8 Å². The van der Waals surface area contributed by atoms with E-state index < -0.39 is 23.0 Å². The monoisotopic (exact) mass is 393 g/mol. The minimum atomic E-state index is -0.842. The number of nitro benzene ring substituents is 1. The second kappa shape index (κ2) is 10.4. The minimum absolute atomic E-state index is 0.135. The van der Waals surface area contributed by atoms with Crippen molar-refractivity contribution in [1.82, 2.24) is 0 Å². The lowest BCUT2D eigenvalue weighted by Crippen LogP contribution is -2.47. The fraction of sp³-hybridized carbons (Fsp3) is 0.650. The van der Waals surface area contributed by atoms with Crippen LogP contribution in [-0.2, 0) is 9.53 Å². The minimum Gasteiger partial charge on any atom is -0.495 e. The summed E-state index contributed by atoms with van der Waals surface area (Å²) in [6, 6.07) is 3.60. The fourth-order valence-electron chi connectivity index (χ4n) is 3.69. The summed E-state index contributed by atoms with van der Waals surface area (Å²) in [6.45, 7) is 3.70. The molecule has 2 rings (SSSR count). The van der Waals surface area contributed by atoms with Gasteiger partial charge in [-0.1, -0.05) is 32.1 Å². The molecule has 3 N–H and O–H groups in total. The van der Waals surface area contributed by atoms with Crippen molar-refractivity contribution in [2.75, 3.05) is 12.4 Å². The van der Waals surface area contributed by atoms with E-state index in [2.05, 4.69) is 5.32 Å². The number of carbonyl (C=O) groups is 1. The van der Waals surface area contributed by atoms with Crippen LogP contribution in [0.1, 0.15) is 52.4 Å². The van der Waals surface area contributed by atoms with Gasteiger partial charge in [-0.15, -0.1) is 0 Å². The Morgan fingerprint density at radius 3 is 2.57 bits per heavy atom. The number of ether oxygens (including phenoxy) is 2. The van der Waals surface area contributed by atoms with E-state index in [1.54, 1.807) is 0 Å². The molecular weight excluding hydrogens is 362 g/mol. The Hall–Kier alpha value is -2.19. The maximum absolute atomic E-state index is 12.9. The SMILES string of the molecule is COc1ccc([N+](=O)[O-])cc1NC(=O)C(OC(C)C)[C@H](N)CC1CCCCC1. The summed E-state index contributed by atoms with van der Waals surface area (Å²) < 4.78 is 11.0. The van der Waals surface area contributed by atoms with Crippen LogP contribution in [0.4, 0.5) is 11.4 Å². The number of amides is 1. The highest BCUT2D eigenvalue weighted by Crippen LogP contribution is 2.31. The summed E-state index contributed by atoms with van der Waals surface area (Å²) in [5.41, 5.74) is 6.47. The van der Waals surface area contributed by atoms with Crippen molar-refractivity contribution >= 4 is 17.3 Å². The third kappa shape index (κ3) is 6.17. The molecule has 28 heavy (non-hydrogen) atoms. The van der Waals surface area contributed by atoms with Crippen LogP contribution in [0.15, 0.2) is 18.2 Å². The largest absolute Gasteiger partial charge is 0.495 e. The summed E-state index contributed by atoms with van der Waals surface area (Å²) in [4.78, 5) is 23.5. The van der Waals surface area contributed by atoms with Crippen molar-refractivity contribution in [2.45, 2.75) is 70.6 Å². The molecule has 1 unspecified atom stereocenters. The van der Waals surface area contributed by atoms with E-state index in [1.165, 1.54) is 44.6 Å². The lowest BCUT2D eigenvalue weighted by molar-refractivity contribution is -0.384.